The van der Waals surface area contributed by atoms with E-state index in [2.05, 4.69) is 23.9 Å². The lowest BCUT2D eigenvalue weighted by atomic mass is 10.1. The van der Waals surface area contributed by atoms with E-state index in [-0.39, 0.29) is 12.5 Å². The van der Waals surface area contributed by atoms with Crippen LogP contribution < -0.4 is 4.74 Å². The molecule has 1 aromatic carbocycles. The first-order chi connectivity index (χ1) is 16.1. The van der Waals surface area contributed by atoms with Gasteiger partial charge in [-0.3, -0.25) is 4.79 Å². The van der Waals surface area contributed by atoms with Crippen LogP contribution in [0.2, 0.25) is 0 Å². The number of hydrogen-bond acceptors (Lipinski definition) is 6. The van der Waals surface area contributed by atoms with Gasteiger partial charge in [0.15, 0.2) is 0 Å². The Balaban J connectivity index is 1.68. The Hall–Kier alpha value is -1.52. The van der Waals surface area contributed by atoms with E-state index in [4.69, 9.17) is 9.47 Å². The van der Waals surface area contributed by atoms with Crippen LogP contribution in [-0.2, 0) is 20.5 Å². The van der Waals surface area contributed by atoms with Crippen LogP contribution in [0.3, 0.4) is 0 Å². The van der Waals surface area contributed by atoms with Gasteiger partial charge >= 0.3 is 0 Å². The summed E-state index contributed by atoms with van der Waals surface area (Å²) < 4.78 is 25.7. The lowest BCUT2D eigenvalue weighted by molar-refractivity contribution is -0.135. The van der Waals surface area contributed by atoms with Gasteiger partial charge in [0.2, 0.25) is 5.91 Å². The van der Waals surface area contributed by atoms with Crippen molar-refractivity contribution in [2.75, 3.05) is 87.8 Å². The zero-order valence-corrected chi connectivity index (χ0v) is 22.9. The molecular weight excluding hydrogens is 452 g/mol. The summed E-state index contributed by atoms with van der Waals surface area (Å²) in [5, 5.41) is 0. The molecule has 0 bridgehead atoms. The zero-order chi connectivity index (χ0) is 25.3. The van der Waals surface area contributed by atoms with Crippen molar-refractivity contribution in [1.29, 1.82) is 0 Å². The minimum atomic E-state index is -1.30. The summed E-state index contributed by atoms with van der Waals surface area (Å²) >= 11 is 0. The first-order valence-corrected chi connectivity index (χ1v) is 13.2. The molecule has 1 heterocycles. The molecule has 1 aromatic rings. The van der Waals surface area contributed by atoms with Gasteiger partial charge in [0.05, 0.1) is 18.6 Å². The van der Waals surface area contributed by atoms with Crippen LogP contribution in [0.1, 0.15) is 24.0 Å². The fourth-order valence-corrected chi connectivity index (χ4v) is 5.59. The fraction of sp³-hybridized carbons (Fsp3) is 0.720. The molecule has 0 spiro atoms. The number of methoxy groups -OCH3 is 1. The zero-order valence-electron chi connectivity index (χ0n) is 22.1. The molecule has 1 aliphatic rings. The summed E-state index contributed by atoms with van der Waals surface area (Å²) in [6.45, 7) is 9.93. The molecule has 2 rings (SSSR count). The van der Waals surface area contributed by atoms with Crippen LogP contribution in [0.15, 0.2) is 17.0 Å². The Morgan fingerprint density at radius 2 is 1.82 bits per heavy atom. The quantitative estimate of drug-likeness (QED) is 0.367. The second-order valence-corrected chi connectivity index (χ2v) is 11.2. The third-order valence-electron chi connectivity index (χ3n) is 6.31. The number of ether oxygens (including phenoxy) is 2. The summed E-state index contributed by atoms with van der Waals surface area (Å²) in [5.74, 6) is 1.29. The molecule has 1 saturated heterocycles. The molecule has 1 fully saturated rings. The third-order valence-corrected chi connectivity index (χ3v) is 8.05. The van der Waals surface area contributed by atoms with E-state index >= 15 is 0 Å². The van der Waals surface area contributed by atoms with Gasteiger partial charge < -0.3 is 24.2 Å². The van der Waals surface area contributed by atoms with Crippen molar-refractivity contribution in [3.8, 4) is 5.75 Å². The van der Waals surface area contributed by atoms with Crippen LogP contribution in [0.25, 0.3) is 0 Å². The molecule has 0 aromatic heterocycles. The van der Waals surface area contributed by atoms with Crippen molar-refractivity contribution in [3.05, 3.63) is 23.3 Å². The number of hydrogen-bond donors (Lipinski definition) is 0. The number of rotatable bonds is 14. The third kappa shape index (κ3) is 8.92. The molecule has 8 nitrogen and oxygen atoms in total. The van der Waals surface area contributed by atoms with Gasteiger partial charge in [0.25, 0.3) is 0 Å². The molecule has 0 aliphatic carbocycles. The van der Waals surface area contributed by atoms with Crippen molar-refractivity contribution < 1.29 is 18.5 Å². The SMILES string of the molecule is COc1cc(C)c(S(=O)N(C)CCOCC(=O)N(C)CC2CCN(CCCN(C)C)C2)c(C)c1. The standard InChI is InChI=1S/C25H44N4O4S/c1-20-15-23(32-7)16-21(2)25(20)34(31)28(6)13-14-33-19-24(30)27(5)17-22-9-12-29(18-22)11-8-10-26(3)4/h15-16,22H,8-14,17-19H2,1-7H3. The highest BCUT2D eigenvalue weighted by molar-refractivity contribution is 7.82. The van der Waals surface area contributed by atoms with Crippen molar-refractivity contribution in [3.63, 3.8) is 0 Å². The van der Waals surface area contributed by atoms with E-state index in [9.17, 15) is 9.00 Å². The molecule has 194 valence electrons. The molecule has 34 heavy (non-hydrogen) atoms. The largest absolute Gasteiger partial charge is 0.497 e. The number of nitrogens with zero attached hydrogens (tertiary/aromatic N) is 4. The van der Waals surface area contributed by atoms with E-state index in [0.717, 1.165) is 60.9 Å². The van der Waals surface area contributed by atoms with Crippen LogP contribution in [0.4, 0.5) is 0 Å². The van der Waals surface area contributed by atoms with E-state index < -0.39 is 11.0 Å². The Morgan fingerprint density at radius 1 is 1.15 bits per heavy atom. The molecule has 1 aliphatic heterocycles. The van der Waals surface area contributed by atoms with Crippen LogP contribution >= 0.6 is 0 Å². The minimum Gasteiger partial charge on any atom is -0.497 e. The Bertz CT molecular complexity index is 797. The highest BCUT2D eigenvalue weighted by Crippen LogP contribution is 2.25. The Morgan fingerprint density at radius 3 is 2.44 bits per heavy atom. The highest BCUT2D eigenvalue weighted by Gasteiger charge is 2.24. The van der Waals surface area contributed by atoms with E-state index in [1.54, 1.807) is 23.4 Å². The fourth-order valence-electron chi connectivity index (χ4n) is 4.37. The maximum atomic E-state index is 13.0. The topological polar surface area (TPSA) is 65.6 Å². The van der Waals surface area contributed by atoms with Gasteiger partial charge in [0.1, 0.15) is 23.3 Å². The average molecular weight is 497 g/mol. The number of likely N-dealkylation sites (N-methyl/N-ethyl adjacent to an activating group) is 2. The molecule has 2 unspecified atom stereocenters. The van der Waals surface area contributed by atoms with Gasteiger partial charge in [0, 0.05) is 33.7 Å². The second-order valence-electron chi connectivity index (χ2n) is 9.63. The maximum Gasteiger partial charge on any atom is 0.248 e. The molecular formula is C25H44N4O4S. The van der Waals surface area contributed by atoms with Gasteiger partial charge in [-0.25, -0.2) is 8.51 Å². The number of aryl methyl sites for hydroxylation is 2. The minimum absolute atomic E-state index is 0.00308. The first-order valence-electron chi connectivity index (χ1n) is 12.1. The van der Waals surface area contributed by atoms with Crippen molar-refractivity contribution in [2.45, 2.75) is 31.6 Å². The molecule has 9 heteroatoms. The maximum absolute atomic E-state index is 13.0. The average Bonchev–Trinajstić information content (AvgIpc) is 3.22. The predicted molar refractivity (Wildman–Crippen MR) is 138 cm³/mol. The predicted octanol–water partition coefficient (Wildman–Crippen LogP) is 2.02. The number of likely N-dealkylation sites (tertiary alicyclic amines) is 1. The monoisotopic (exact) mass is 496 g/mol. The summed E-state index contributed by atoms with van der Waals surface area (Å²) in [7, 11) is 8.20. The van der Waals surface area contributed by atoms with Crippen LogP contribution in [0, 0.1) is 19.8 Å². The molecule has 0 N–H and O–H groups in total. The Kier molecular flexibility index (Phi) is 11.9. The van der Waals surface area contributed by atoms with E-state index in [1.807, 2.05) is 33.0 Å². The van der Waals surface area contributed by atoms with Crippen molar-refractivity contribution in [1.82, 2.24) is 19.0 Å². The number of benzene rings is 1. The molecule has 2 atom stereocenters. The lowest BCUT2D eigenvalue weighted by Crippen LogP contribution is -2.36. The van der Waals surface area contributed by atoms with Crippen molar-refractivity contribution in [2.24, 2.45) is 5.92 Å². The van der Waals surface area contributed by atoms with Gasteiger partial charge in [-0.15, -0.1) is 0 Å². The summed E-state index contributed by atoms with van der Waals surface area (Å²) in [5.41, 5.74) is 1.87. The normalized spacial score (nSPS) is 17.5. The lowest BCUT2D eigenvalue weighted by Gasteiger charge is -2.22. The molecule has 1 amide bonds. The van der Waals surface area contributed by atoms with Gasteiger partial charge in [-0.1, -0.05) is 0 Å². The van der Waals surface area contributed by atoms with Crippen LogP contribution in [-0.4, -0.2) is 117 Å². The van der Waals surface area contributed by atoms with Crippen LogP contribution in [0.5, 0.6) is 5.75 Å². The van der Waals surface area contributed by atoms with Gasteiger partial charge in [-0.2, -0.15) is 0 Å². The summed E-state index contributed by atoms with van der Waals surface area (Å²) in [6, 6.07) is 3.79. The number of carbonyl (C=O) groups is 1. The van der Waals surface area contributed by atoms with Gasteiger partial charge in [-0.05, 0) is 89.6 Å². The number of carbonyl (C=O) groups excluding carboxylic acids is 1. The molecule has 0 saturated carbocycles. The Labute approximate surface area is 208 Å². The van der Waals surface area contributed by atoms with E-state index in [0.29, 0.717) is 19.1 Å². The summed E-state index contributed by atoms with van der Waals surface area (Å²) in [6.07, 6.45) is 2.32. The number of amides is 1. The van der Waals surface area contributed by atoms with Crippen molar-refractivity contribution >= 4 is 16.9 Å². The smallest absolute Gasteiger partial charge is 0.248 e. The summed E-state index contributed by atoms with van der Waals surface area (Å²) in [4.78, 5) is 19.8. The molecule has 0 radical (unpaired) electrons. The van der Waals surface area contributed by atoms with E-state index in [1.165, 1.54) is 6.42 Å². The first kappa shape index (κ1) is 28.7. The second kappa shape index (κ2) is 14.1. The highest BCUT2D eigenvalue weighted by atomic mass is 32.2.